The van der Waals surface area contributed by atoms with E-state index in [4.69, 9.17) is 11.5 Å². The SMILES string of the molecule is CC(C)CN(CC(N)=O)c1nccnc1CN. The lowest BCUT2D eigenvalue weighted by molar-refractivity contribution is -0.116. The van der Waals surface area contributed by atoms with Gasteiger partial charge in [-0.1, -0.05) is 13.8 Å². The summed E-state index contributed by atoms with van der Waals surface area (Å²) in [6.45, 7) is 5.23. The second kappa shape index (κ2) is 6.15. The third-order valence-electron chi connectivity index (χ3n) is 2.18. The Balaban J connectivity index is 2.98. The van der Waals surface area contributed by atoms with E-state index in [0.717, 1.165) is 0 Å². The molecule has 0 atom stereocenters. The number of aromatic nitrogens is 2. The molecule has 1 amide bonds. The first-order valence-corrected chi connectivity index (χ1v) is 5.57. The molecule has 1 aromatic rings. The molecule has 0 aliphatic rings. The monoisotopic (exact) mass is 237 g/mol. The Hall–Kier alpha value is -1.69. The van der Waals surface area contributed by atoms with E-state index >= 15 is 0 Å². The fraction of sp³-hybridized carbons (Fsp3) is 0.545. The maximum atomic E-state index is 11.1. The van der Waals surface area contributed by atoms with Gasteiger partial charge in [0.25, 0.3) is 0 Å². The molecule has 17 heavy (non-hydrogen) atoms. The molecule has 1 aromatic heterocycles. The minimum atomic E-state index is -0.390. The molecule has 1 rings (SSSR count). The first-order valence-electron chi connectivity index (χ1n) is 5.57. The molecule has 94 valence electrons. The normalized spacial score (nSPS) is 10.6. The van der Waals surface area contributed by atoms with Crippen molar-refractivity contribution in [3.05, 3.63) is 18.1 Å². The number of amides is 1. The molecule has 6 heteroatoms. The summed E-state index contributed by atoms with van der Waals surface area (Å²) in [7, 11) is 0. The van der Waals surface area contributed by atoms with Crippen LogP contribution < -0.4 is 16.4 Å². The van der Waals surface area contributed by atoms with Crippen LogP contribution in [0.3, 0.4) is 0 Å². The first kappa shape index (κ1) is 13.4. The summed E-state index contributed by atoms with van der Waals surface area (Å²) in [6.07, 6.45) is 3.17. The van der Waals surface area contributed by atoms with Crippen molar-refractivity contribution in [1.82, 2.24) is 9.97 Å². The molecule has 1 heterocycles. The molecule has 0 radical (unpaired) electrons. The van der Waals surface area contributed by atoms with Gasteiger partial charge in [0.05, 0.1) is 12.2 Å². The zero-order chi connectivity index (χ0) is 12.8. The van der Waals surface area contributed by atoms with E-state index < -0.39 is 0 Å². The van der Waals surface area contributed by atoms with E-state index in [9.17, 15) is 4.79 Å². The molecule has 0 aliphatic carbocycles. The standard InChI is InChI=1S/C11H19N5O/c1-8(2)6-16(7-10(13)17)11-9(5-12)14-3-4-15-11/h3-4,8H,5-7,12H2,1-2H3,(H2,13,17). The van der Waals surface area contributed by atoms with Crippen molar-refractivity contribution in [3.63, 3.8) is 0 Å². The minimum absolute atomic E-state index is 0.129. The van der Waals surface area contributed by atoms with Crippen LogP contribution in [-0.4, -0.2) is 29.0 Å². The van der Waals surface area contributed by atoms with Crippen molar-refractivity contribution >= 4 is 11.7 Å². The summed E-state index contributed by atoms with van der Waals surface area (Å²) >= 11 is 0. The van der Waals surface area contributed by atoms with Crippen LogP contribution in [0.25, 0.3) is 0 Å². The molecule has 0 aromatic carbocycles. The summed E-state index contributed by atoms with van der Waals surface area (Å²) in [5.74, 6) is 0.642. The molecule has 0 bridgehead atoms. The highest BCUT2D eigenvalue weighted by Crippen LogP contribution is 2.15. The number of anilines is 1. The highest BCUT2D eigenvalue weighted by atomic mass is 16.1. The Morgan fingerprint density at radius 3 is 2.59 bits per heavy atom. The average molecular weight is 237 g/mol. The van der Waals surface area contributed by atoms with Crippen LogP contribution >= 0.6 is 0 Å². The van der Waals surface area contributed by atoms with Crippen molar-refractivity contribution in [1.29, 1.82) is 0 Å². The number of hydrogen-bond acceptors (Lipinski definition) is 5. The van der Waals surface area contributed by atoms with Crippen LogP contribution in [0, 0.1) is 5.92 Å². The summed E-state index contributed by atoms with van der Waals surface area (Å²) in [4.78, 5) is 21.3. The molecule has 0 unspecified atom stereocenters. The molecule has 0 saturated heterocycles. The molecule has 0 aliphatic heterocycles. The summed E-state index contributed by atoms with van der Waals surface area (Å²) in [5, 5.41) is 0. The molecule has 0 spiro atoms. The Kier molecular flexibility index (Phi) is 4.84. The van der Waals surface area contributed by atoms with E-state index in [0.29, 0.717) is 24.0 Å². The molecule has 6 nitrogen and oxygen atoms in total. The van der Waals surface area contributed by atoms with Crippen molar-refractivity contribution < 1.29 is 4.79 Å². The molecule has 0 fully saturated rings. The van der Waals surface area contributed by atoms with Crippen LogP contribution in [0.1, 0.15) is 19.5 Å². The zero-order valence-electron chi connectivity index (χ0n) is 10.3. The zero-order valence-corrected chi connectivity index (χ0v) is 10.3. The number of nitrogens with two attached hydrogens (primary N) is 2. The summed E-state index contributed by atoms with van der Waals surface area (Å²) < 4.78 is 0. The summed E-state index contributed by atoms with van der Waals surface area (Å²) in [5.41, 5.74) is 11.5. The van der Waals surface area contributed by atoms with Gasteiger partial charge in [-0.25, -0.2) is 4.98 Å². The number of nitrogens with zero attached hydrogens (tertiary/aromatic N) is 3. The second-order valence-corrected chi connectivity index (χ2v) is 4.27. The third kappa shape index (κ3) is 3.99. The largest absolute Gasteiger partial charge is 0.368 e. The number of carbonyl (C=O) groups excluding carboxylic acids is 1. The second-order valence-electron chi connectivity index (χ2n) is 4.27. The van der Waals surface area contributed by atoms with Gasteiger partial charge in [-0.3, -0.25) is 9.78 Å². The number of hydrogen-bond donors (Lipinski definition) is 2. The highest BCUT2D eigenvalue weighted by molar-refractivity contribution is 5.79. The maximum Gasteiger partial charge on any atom is 0.236 e. The Morgan fingerprint density at radius 1 is 1.41 bits per heavy atom. The molecular weight excluding hydrogens is 218 g/mol. The van der Waals surface area contributed by atoms with Crippen LogP contribution in [0.5, 0.6) is 0 Å². The van der Waals surface area contributed by atoms with Gasteiger partial charge in [-0.05, 0) is 5.92 Å². The third-order valence-corrected chi connectivity index (χ3v) is 2.18. The van der Waals surface area contributed by atoms with Gasteiger partial charge in [0.15, 0.2) is 5.82 Å². The molecule has 4 N–H and O–H groups in total. The van der Waals surface area contributed by atoms with Gasteiger partial charge in [0.2, 0.25) is 5.91 Å². The predicted molar refractivity (Wildman–Crippen MR) is 66.2 cm³/mol. The lowest BCUT2D eigenvalue weighted by Crippen LogP contribution is -2.37. The van der Waals surface area contributed by atoms with Crippen LogP contribution in [0.4, 0.5) is 5.82 Å². The van der Waals surface area contributed by atoms with Crippen LogP contribution in [0.15, 0.2) is 12.4 Å². The van der Waals surface area contributed by atoms with E-state index in [2.05, 4.69) is 23.8 Å². The van der Waals surface area contributed by atoms with E-state index in [-0.39, 0.29) is 19.0 Å². The Labute approximate surface area is 101 Å². The van der Waals surface area contributed by atoms with E-state index in [1.165, 1.54) is 0 Å². The van der Waals surface area contributed by atoms with Gasteiger partial charge in [-0.15, -0.1) is 0 Å². The number of carbonyl (C=O) groups is 1. The van der Waals surface area contributed by atoms with Crippen molar-refractivity contribution in [2.45, 2.75) is 20.4 Å². The van der Waals surface area contributed by atoms with Gasteiger partial charge in [0.1, 0.15) is 0 Å². The van der Waals surface area contributed by atoms with Gasteiger partial charge in [-0.2, -0.15) is 0 Å². The topological polar surface area (TPSA) is 98.1 Å². The van der Waals surface area contributed by atoms with Gasteiger partial charge < -0.3 is 16.4 Å². The van der Waals surface area contributed by atoms with Crippen LogP contribution in [0.2, 0.25) is 0 Å². The molecular formula is C11H19N5O. The lowest BCUT2D eigenvalue weighted by Gasteiger charge is -2.25. The van der Waals surface area contributed by atoms with Gasteiger partial charge in [0, 0.05) is 25.5 Å². The number of primary amides is 1. The fourth-order valence-electron chi connectivity index (χ4n) is 1.62. The maximum absolute atomic E-state index is 11.1. The van der Waals surface area contributed by atoms with Crippen molar-refractivity contribution in [2.75, 3.05) is 18.0 Å². The highest BCUT2D eigenvalue weighted by Gasteiger charge is 2.16. The smallest absolute Gasteiger partial charge is 0.236 e. The fourth-order valence-corrected chi connectivity index (χ4v) is 1.62. The lowest BCUT2D eigenvalue weighted by atomic mass is 10.2. The average Bonchev–Trinajstić information content (AvgIpc) is 2.27. The van der Waals surface area contributed by atoms with Crippen molar-refractivity contribution in [2.24, 2.45) is 17.4 Å². The molecule has 0 saturated carbocycles. The quantitative estimate of drug-likeness (QED) is 0.719. The van der Waals surface area contributed by atoms with Crippen molar-refractivity contribution in [3.8, 4) is 0 Å². The van der Waals surface area contributed by atoms with E-state index in [1.807, 2.05) is 4.90 Å². The Morgan fingerprint density at radius 2 is 2.06 bits per heavy atom. The van der Waals surface area contributed by atoms with Gasteiger partial charge >= 0.3 is 0 Å². The minimum Gasteiger partial charge on any atom is -0.368 e. The first-order chi connectivity index (χ1) is 8.04. The van der Waals surface area contributed by atoms with Crippen LogP contribution in [-0.2, 0) is 11.3 Å². The van der Waals surface area contributed by atoms with E-state index in [1.54, 1.807) is 12.4 Å². The Bertz CT molecular complexity index is 380. The number of rotatable bonds is 6. The summed E-state index contributed by atoms with van der Waals surface area (Å²) in [6, 6.07) is 0. The predicted octanol–water partition coefficient (Wildman–Crippen LogP) is -0.117.